The lowest BCUT2D eigenvalue weighted by Crippen LogP contribution is -2.33. The molecule has 1 N–H and O–H groups in total. The summed E-state index contributed by atoms with van der Waals surface area (Å²) in [6, 6.07) is 7.49. The van der Waals surface area contributed by atoms with Gasteiger partial charge >= 0.3 is 0 Å². The average molecular weight is 431 g/mol. The van der Waals surface area contributed by atoms with Crippen molar-refractivity contribution in [2.75, 3.05) is 5.75 Å². The van der Waals surface area contributed by atoms with Crippen LogP contribution in [0.4, 0.5) is 0 Å². The predicted molar refractivity (Wildman–Crippen MR) is 119 cm³/mol. The van der Waals surface area contributed by atoms with Gasteiger partial charge in [-0.05, 0) is 35.4 Å². The molecule has 0 radical (unpaired) electrons. The van der Waals surface area contributed by atoms with E-state index in [0.717, 1.165) is 4.88 Å². The third-order valence-corrected chi connectivity index (χ3v) is 6.34. The highest BCUT2D eigenvalue weighted by Crippen LogP contribution is 2.26. The summed E-state index contributed by atoms with van der Waals surface area (Å²) < 4.78 is 1.66. The van der Waals surface area contributed by atoms with Crippen molar-refractivity contribution in [1.29, 1.82) is 0 Å². The molecular formula is C21H26N4O2S2. The molecule has 29 heavy (non-hydrogen) atoms. The van der Waals surface area contributed by atoms with Crippen LogP contribution in [0.1, 0.15) is 38.6 Å². The van der Waals surface area contributed by atoms with Crippen molar-refractivity contribution in [3.63, 3.8) is 0 Å². The first-order valence-electron chi connectivity index (χ1n) is 9.68. The number of fused-ring (bicyclic) bond motifs is 1. The van der Waals surface area contributed by atoms with Crippen LogP contribution in [-0.2, 0) is 11.3 Å². The first kappa shape index (κ1) is 21.5. The molecule has 6 nitrogen and oxygen atoms in total. The Labute approximate surface area is 178 Å². The number of carbonyl (C=O) groups excluding carboxylic acids is 1. The van der Waals surface area contributed by atoms with Crippen LogP contribution < -0.4 is 10.9 Å². The van der Waals surface area contributed by atoms with E-state index in [1.54, 1.807) is 34.2 Å². The van der Waals surface area contributed by atoms with E-state index in [1.807, 2.05) is 17.5 Å². The monoisotopic (exact) mass is 430 g/mol. The minimum atomic E-state index is -0.113. The summed E-state index contributed by atoms with van der Waals surface area (Å²) in [7, 11) is 0. The van der Waals surface area contributed by atoms with Crippen LogP contribution in [-0.4, -0.2) is 26.2 Å². The minimum absolute atomic E-state index is 0.0211. The second-order valence-corrected chi connectivity index (χ2v) is 9.59. The van der Waals surface area contributed by atoms with E-state index in [0.29, 0.717) is 22.7 Å². The minimum Gasteiger partial charge on any atom is -0.347 e. The second kappa shape index (κ2) is 9.54. The Morgan fingerprint density at radius 3 is 2.69 bits per heavy atom. The topological polar surface area (TPSA) is 76.9 Å². The maximum Gasteiger partial charge on any atom is 0.263 e. The zero-order chi connectivity index (χ0) is 21.0. The second-order valence-electron chi connectivity index (χ2n) is 7.67. The van der Waals surface area contributed by atoms with Crippen LogP contribution in [0.2, 0.25) is 0 Å². The van der Waals surface area contributed by atoms with Gasteiger partial charge in [-0.1, -0.05) is 45.5 Å². The highest BCUT2D eigenvalue weighted by molar-refractivity contribution is 7.99. The lowest BCUT2D eigenvalue weighted by atomic mass is 10.0. The maximum absolute atomic E-state index is 12.9. The largest absolute Gasteiger partial charge is 0.347 e. The fraction of sp³-hybridized carbons (Fsp3) is 0.429. The van der Waals surface area contributed by atoms with Gasteiger partial charge in [-0.25, -0.2) is 9.97 Å². The quantitative estimate of drug-likeness (QED) is 0.430. The summed E-state index contributed by atoms with van der Waals surface area (Å²) in [5.41, 5.74) is 0.303. The van der Waals surface area contributed by atoms with Crippen LogP contribution >= 0.6 is 23.1 Å². The molecule has 0 bridgehead atoms. The van der Waals surface area contributed by atoms with Crippen molar-refractivity contribution < 1.29 is 4.79 Å². The number of carbonyl (C=O) groups is 1. The molecule has 3 aromatic rings. The van der Waals surface area contributed by atoms with Crippen LogP contribution in [0.25, 0.3) is 11.0 Å². The van der Waals surface area contributed by atoms with E-state index in [9.17, 15) is 9.59 Å². The molecule has 0 saturated heterocycles. The van der Waals surface area contributed by atoms with Gasteiger partial charge in [-0.15, -0.1) is 11.3 Å². The standard InChI is InChI=1S/C21H26N4O2S2/c1-13(2)11-25-20(27)15-7-5-9-22-19(15)24-21(25)29-12-17(26)23-18(14(3)4)16-8-6-10-28-16/h5-10,13-14,18H,11-12H2,1-4H3,(H,23,26)/t18-/m0/s1. The molecule has 0 aliphatic carbocycles. The average Bonchev–Trinajstić information content (AvgIpc) is 3.21. The summed E-state index contributed by atoms with van der Waals surface area (Å²) in [6.45, 7) is 8.83. The van der Waals surface area contributed by atoms with Gasteiger partial charge < -0.3 is 5.32 Å². The van der Waals surface area contributed by atoms with Gasteiger partial charge in [0.15, 0.2) is 10.8 Å². The van der Waals surface area contributed by atoms with E-state index in [4.69, 9.17) is 0 Å². The van der Waals surface area contributed by atoms with Gasteiger partial charge in [0.1, 0.15) is 0 Å². The van der Waals surface area contributed by atoms with E-state index in [2.05, 4.69) is 43.0 Å². The first-order valence-corrected chi connectivity index (χ1v) is 11.5. The Balaban J connectivity index is 1.80. The zero-order valence-electron chi connectivity index (χ0n) is 17.1. The van der Waals surface area contributed by atoms with Crippen LogP contribution in [0.3, 0.4) is 0 Å². The number of nitrogens with one attached hydrogen (secondary N) is 1. The van der Waals surface area contributed by atoms with Crippen molar-refractivity contribution in [1.82, 2.24) is 19.9 Å². The van der Waals surface area contributed by atoms with Gasteiger partial charge in [0.25, 0.3) is 5.56 Å². The lowest BCUT2D eigenvalue weighted by molar-refractivity contribution is -0.119. The fourth-order valence-electron chi connectivity index (χ4n) is 3.05. The summed E-state index contributed by atoms with van der Waals surface area (Å²) in [4.78, 5) is 35.5. The van der Waals surface area contributed by atoms with Gasteiger partial charge in [0, 0.05) is 17.6 Å². The number of rotatable bonds is 8. The van der Waals surface area contributed by atoms with Crippen molar-refractivity contribution in [2.24, 2.45) is 11.8 Å². The Hall–Kier alpha value is -2.19. The highest BCUT2D eigenvalue weighted by Gasteiger charge is 2.20. The summed E-state index contributed by atoms with van der Waals surface area (Å²) >= 11 is 2.92. The third kappa shape index (κ3) is 5.25. The molecule has 154 valence electrons. The molecule has 1 amide bonds. The molecule has 3 heterocycles. The Morgan fingerprint density at radius 1 is 1.24 bits per heavy atom. The number of amides is 1. The van der Waals surface area contributed by atoms with Crippen molar-refractivity contribution >= 4 is 40.0 Å². The van der Waals surface area contributed by atoms with Crippen LogP contribution in [0.5, 0.6) is 0 Å². The molecule has 3 aromatic heterocycles. The van der Waals surface area contributed by atoms with Crippen LogP contribution in [0, 0.1) is 11.8 Å². The molecular weight excluding hydrogens is 404 g/mol. The summed E-state index contributed by atoms with van der Waals surface area (Å²) in [5.74, 6) is 0.677. The molecule has 0 unspecified atom stereocenters. The van der Waals surface area contributed by atoms with Crippen molar-refractivity contribution in [3.8, 4) is 0 Å². The van der Waals surface area contributed by atoms with E-state index in [1.165, 1.54) is 11.8 Å². The molecule has 0 aromatic carbocycles. The zero-order valence-corrected chi connectivity index (χ0v) is 18.7. The number of hydrogen-bond acceptors (Lipinski definition) is 6. The fourth-order valence-corrected chi connectivity index (χ4v) is 4.81. The van der Waals surface area contributed by atoms with Crippen LogP contribution in [0.15, 0.2) is 45.8 Å². The molecule has 0 spiro atoms. The van der Waals surface area contributed by atoms with E-state index in [-0.39, 0.29) is 35.1 Å². The normalized spacial score (nSPS) is 12.6. The molecule has 3 rings (SSSR count). The van der Waals surface area contributed by atoms with Gasteiger partial charge in [-0.2, -0.15) is 0 Å². The van der Waals surface area contributed by atoms with Gasteiger partial charge in [-0.3, -0.25) is 14.2 Å². The number of pyridine rings is 1. The predicted octanol–water partition coefficient (Wildman–Crippen LogP) is 4.11. The lowest BCUT2D eigenvalue weighted by Gasteiger charge is -2.21. The Morgan fingerprint density at radius 2 is 2.03 bits per heavy atom. The van der Waals surface area contributed by atoms with E-state index >= 15 is 0 Å². The number of thiophene rings is 1. The molecule has 8 heteroatoms. The van der Waals surface area contributed by atoms with Gasteiger partial charge in [0.2, 0.25) is 5.91 Å². The summed E-state index contributed by atoms with van der Waals surface area (Å²) in [5, 5.41) is 6.17. The third-order valence-electron chi connectivity index (χ3n) is 4.41. The molecule has 1 atom stereocenters. The highest BCUT2D eigenvalue weighted by atomic mass is 32.2. The van der Waals surface area contributed by atoms with E-state index < -0.39 is 0 Å². The molecule has 0 saturated carbocycles. The Bertz CT molecular complexity index is 1030. The summed E-state index contributed by atoms with van der Waals surface area (Å²) in [6.07, 6.45) is 1.62. The van der Waals surface area contributed by atoms with Gasteiger partial charge in [0.05, 0.1) is 17.2 Å². The number of nitrogens with zero attached hydrogens (tertiary/aromatic N) is 3. The smallest absolute Gasteiger partial charge is 0.263 e. The molecule has 0 fully saturated rings. The number of hydrogen-bond donors (Lipinski definition) is 1. The maximum atomic E-state index is 12.9. The van der Waals surface area contributed by atoms with Crippen molar-refractivity contribution in [2.45, 2.75) is 45.4 Å². The van der Waals surface area contributed by atoms with Crippen molar-refractivity contribution in [3.05, 3.63) is 51.1 Å². The molecule has 0 aliphatic heterocycles. The number of aromatic nitrogens is 3. The SMILES string of the molecule is CC(C)Cn1c(SCC(=O)N[C@H](c2cccs2)C(C)C)nc2ncccc2c1=O. The first-order chi connectivity index (χ1) is 13.9. The molecule has 0 aliphatic rings. The number of thioether (sulfide) groups is 1. The Kier molecular flexibility index (Phi) is 7.08.